The quantitative estimate of drug-likeness (QED) is 0.392. The van der Waals surface area contributed by atoms with Gasteiger partial charge in [-0.2, -0.15) is 0 Å². The predicted molar refractivity (Wildman–Crippen MR) is 147 cm³/mol. The van der Waals surface area contributed by atoms with Gasteiger partial charge in [0.25, 0.3) is 5.91 Å². The van der Waals surface area contributed by atoms with Crippen LogP contribution in [-0.2, 0) is 4.79 Å². The van der Waals surface area contributed by atoms with E-state index in [4.69, 9.17) is 11.6 Å². The second-order valence-corrected chi connectivity index (χ2v) is 11.4. The van der Waals surface area contributed by atoms with E-state index in [0.717, 1.165) is 48.6 Å². The van der Waals surface area contributed by atoms with E-state index in [0.29, 0.717) is 5.02 Å². The summed E-state index contributed by atoms with van der Waals surface area (Å²) in [5, 5.41) is 0.606. The number of likely N-dealkylation sites (tertiary alicyclic amines) is 2. The SMILES string of the molecule is CCC(N1CCCCC1)(N1CCCCC1)N1C(=O)C(=Cc2ccccc2)SC1c1cccc(Cl)c1. The minimum atomic E-state index is -0.426. The van der Waals surface area contributed by atoms with E-state index < -0.39 is 5.79 Å². The molecule has 2 aromatic carbocycles. The van der Waals surface area contributed by atoms with Crippen LogP contribution in [0.25, 0.3) is 6.08 Å². The number of benzene rings is 2. The molecule has 1 atom stereocenters. The average molecular weight is 510 g/mol. The maximum Gasteiger partial charge on any atom is 0.264 e. The highest BCUT2D eigenvalue weighted by atomic mass is 35.5. The number of hydrogen-bond acceptors (Lipinski definition) is 4. The molecule has 6 heteroatoms. The lowest BCUT2D eigenvalue weighted by Crippen LogP contribution is -2.71. The molecule has 35 heavy (non-hydrogen) atoms. The number of hydrogen-bond donors (Lipinski definition) is 0. The number of rotatable bonds is 6. The molecule has 0 radical (unpaired) electrons. The highest BCUT2D eigenvalue weighted by Gasteiger charge is 2.55. The van der Waals surface area contributed by atoms with Crippen LogP contribution in [0.4, 0.5) is 0 Å². The van der Waals surface area contributed by atoms with Crippen LogP contribution in [-0.4, -0.2) is 52.6 Å². The standard InChI is InChI=1S/C29H36ClN3OS/c1-2-29(31-17-8-4-9-18-31,32-19-10-5-11-20-32)33-27(34)26(21-23-13-6-3-7-14-23)35-28(33)24-15-12-16-25(30)22-24/h3,6-7,12-16,21-22,28H,2,4-5,8-11,17-20H2,1H3. The second kappa shape index (κ2) is 11.1. The summed E-state index contributed by atoms with van der Waals surface area (Å²) in [7, 11) is 0. The molecule has 3 saturated heterocycles. The monoisotopic (exact) mass is 509 g/mol. The van der Waals surface area contributed by atoms with Crippen LogP contribution < -0.4 is 0 Å². The molecule has 3 aliphatic heterocycles. The zero-order valence-corrected chi connectivity index (χ0v) is 22.2. The van der Waals surface area contributed by atoms with Gasteiger partial charge in [0.2, 0.25) is 0 Å². The molecular weight excluding hydrogens is 474 g/mol. The van der Waals surface area contributed by atoms with Crippen molar-refractivity contribution in [3.05, 3.63) is 75.7 Å². The fourth-order valence-corrected chi connectivity index (χ4v) is 7.59. The smallest absolute Gasteiger partial charge is 0.264 e. The Morgan fingerprint density at radius 3 is 2.11 bits per heavy atom. The fourth-order valence-electron chi connectivity index (χ4n) is 6.10. The Morgan fingerprint density at radius 2 is 1.54 bits per heavy atom. The van der Waals surface area contributed by atoms with Gasteiger partial charge in [-0.25, -0.2) is 0 Å². The summed E-state index contributed by atoms with van der Waals surface area (Å²) < 4.78 is 0. The first kappa shape index (κ1) is 24.9. The number of carbonyl (C=O) groups excluding carboxylic acids is 1. The van der Waals surface area contributed by atoms with Crippen molar-refractivity contribution in [3.8, 4) is 0 Å². The zero-order valence-electron chi connectivity index (χ0n) is 20.7. The number of halogens is 1. The maximum absolute atomic E-state index is 14.4. The van der Waals surface area contributed by atoms with Crippen LogP contribution in [0.1, 0.15) is 68.4 Å². The van der Waals surface area contributed by atoms with Crippen LogP contribution in [0.5, 0.6) is 0 Å². The van der Waals surface area contributed by atoms with Gasteiger partial charge in [0, 0.05) is 31.2 Å². The van der Waals surface area contributed by atoms with Crippen molar-refractivity contribution < 1.29 is 4.79 Å². The Labute approximate surface area is 219 Å². The van der Waals surface area contributed by atoms with Gasteiger partial charge in [-0.05, 0) is 61.4 Å². The minimum Gasteiger partial charge on any atom is -0.290 e. The van der Waals surface area contributed by atoms with E-state index in [9.17, 15) is 4.79 Å². The van der Waals surface area contributed by atoms with Gasteiger partial charge in [0.15, 0.2) is 5.79 Å². The van der Waals surface area contributed by atoms with Crippen LogP contribution in [0.15, 0.2) is 59.5 Å². The average Bonchev–Trinajstić information content (AvgIpc) is 3.23. The van der Waals surface area contributed by atoms with Crippen LogP contribution in [0.2, 0.25) is 5.02 Å². The van der Waals surface area contributed by atoms with E-state index in [1.54, 1.807) is 11.8 Å². The number of amides is 1. The molecule has 3 heterocycles. The summed E-state index contributed by atoms with van der Waals surface area (Å²) in [6.07, 6.45) is 10.3. The van der Waals surface area contributed by atoms with E-state index in [1.165, 1.54) is 38.5 Å². The third-order valence-corrected chi connectivity index (χ3v) is 9.21. The molecule has 0 aliphatic carbocycles. The molecular formula is C29H36ClN3OS. The molecule has 186 valence electrons. The lowest BCUT2D eigenvalue weighted by Gasteiger charge is -2.58. The summed E-state index contributed by atoms with van der Waals surface area (Å²) in [6.45, 7) is 6.43. The molecule has 4 nitrogen and oxygen atoms in total. The minimum absolute atomic E-state index is 0.111. The van der Waals surface area contributed by atoms with E-state index in [1.807, 2.05) is 36.4 Å². The van der Waals surface area contributed by atoms with Crippen molar-refractivity contribution in [1.29, 1.82) is 0 Å². The van der Waals surface area contributed by atoms with Gasteiger partial charge in [0.05, 0.1) is 4.91 Å². The van der Waals surface area contributed by atoms with Crippen molar-refractivity contribution in [2.24, 2.45) is 0 Å². The van der Waals surface area contributed by atoms with Gasteiger partial charge in [0.1, 0.15) is 5.37 Å². The van der Waals surface area contributed by atoms with Crippen molar-refractivity contribution >= 4 is 35.3 Å². The highest BCUT2D eigenvalue weighted by Crippen LogP contribution is 2.52. The fraction of sp³-hybridized carbons (Fsp3) is 0.483. The summed E-state index contributed by atoms with van der Waals surface area (Å²) in [4.78, 5) is 22.7. The van der Waals surface area contributed by atoms with Gasteiger partial charge in [-0.15, -0.1) is 0 Å². The molecule has 0 aromatic heterocycles. The van der Waals surface area contributed by atoms with Crippen LogP contribution in [0.3, 0.4) is 0 Å². The Morgan fingerprint density at radius 1 is 0.914 bits per heavy atom. The lowest BCUT2D eigenvalue weighted by atomic mass is 9.99. The zero-order chi connectivity index (χ0) is 24.3. The summed E-state index contributed by atoms with van der Waals surface area (Å²) in [5.41, 5.74) is 2.16. The molecule has 3 fully saturated rings. The molecule has 0 bridgehead atoms. The molecule has 1 unspecified atom stereocenters. The first-order valence-electron chi connectivity index (χ1n) is 13.2. The van der Waals surface area contributed by atoms with Gasteiger partial charge in [-0.1, -0.05) is 85.6 Å². The number of piperidine rings is 2. The maximum atomic E-state index is 14.4. The summed E-state index contributed by atoms with van der Waals surface area (Å²) in [5.74, 6) is -0.286. The predicted octanol–water partition coefficient (Wildman–Crippen LogP) is 6.99. The first-order valence-corrected chi connectivity index (χ1v) is 14.4. The first-order chi connectivity index (χ1) is 17.1. The van der Waals surface area contributed by atoms with Crippen molar-refractivity contribution in [3.63, 3.8) is 0 Å². The Balaban J connectivity index is 1.64. The molecule has 1 amide bonds. The summed E-state index contributed by atoms with van der Waals surface area (Å²) >= 11 is 8.15. The Hall–Kier alpha value is -1.79. The summed E-state index contributed by atoms with van der Waals surface area (Å²) in [6, 6.07) is 18.3. The van der Waals surface area contributed by atoms with Crippen molar-refractivity contribution in [2.75, 3.05) is 26.2 Å². The van der Waals surface area contributed by atoms with Crippen LogP contribution in [0, 0.1) is 0 Å². The number of thioether (sulfide) groups is 1. The molecule has 2 aromatic rings. The van der Waals surface area contributed by atoms with E-state index in [2.05, 4.69) is 45.9 Å². The normalized spacial score (nSPS) is 23.8. The lowest BCUT2D eigenvalue weighted by molar-refractivity contribution is -0.192. The van der Waals surface area contributed by atoms with Gasteiger partial charge in [-0.3, -0.25) is 19.5 Å². The third kappa shape index (κ3) is 4.93. The molecule has 0 saturated carbocycles. The van der Waals surface area contributed by atoms with Crippen molar-refractivity contribution in [1.82, 2.24) is 14.7 Å². The third-order valence-electron chi connectivity index (χ3n) is 7.72. The Bertz CT molecular complexity index is 1030. The molecule has 5 rings (SSSR count). The topological polar surface area (TPSA) is 26.8 Å². The molecule has 0 N–H and O–H groups in total. The number of carbonyl (C=O) groups is 1. The van der Waals surface area contributed by atoms with E-state index >= 15 is 0 Å². The molecule has 0 spiro atoms. The van der Waals surface area contributed by atoms with Gasteiger partial charge < -0.3 is 0 Å². The number of nitrogens with zero attached hydrogens (tertiary/aromatic N) is 3. The van der Waals surface area contributed by atoms with Gasteiger partial charge >= 0.3 is 0 Å². The largest absolute Gasteiger partial charge is 0.290 e. The van der Waals surface area contributed by atoms with E-state index in [-0.39, 0.29) is 11.3 Å². The highest BCUT2D eigenvalue weighted by molar-refractivity contribution is 8.04. The van der Waals surface area contributed by atoms with Crippen LogP contribution >= 0.6 is 23.4 Å². The second-order valence-electron chi connectivity index (χ2n) is 9.84. The Kier molecular flexibility index (Phi) is 7.88. The molecule has 3 aliphatic rings. The van der Waals surface area contributed by atoms with Crippen molar-refractivity contribution in [2.45, 2.75) is 63.0 Å².